The largest absolute Gasteiger partial charge is 0.481 e. The van der Waals surface area contributed by atoms with Crippen LogP contribution >= 0.6 is 23.2 Å². The predicted octanol–water partition coefficient (Wildman–Crippen LogP) is 2.64. The SMILES string of the molecule is Cc1ccc(Cl)c(S(=O)(=O)N(C)CC(C)C(=O)O)c1Cl. The molecule has 1 aromatic rings. The van der Waals surface area contributed by atoms with Gasteiger partial charge in [-0.15, -0.1) is 0 Å². The molecule has 1 atom stereocenters. The van der Waals surface area contributed by atoms with Gasteiger partial charge in [-0.1, -0.05) is 36.2 Å². The van der Waals surface area contributed by atoms with Crippen molar-refractivity contribution in [1.82, 2.24) is 4.31 Å². The Hall–Kier alpha value is -0.820. The van der Waals surface area contributed by atoms with Crippen LogP contribution in [0.5, 0.6) is 0 Å². The topological polar surface area (TPSA) is 74.7 Å². The lowest BCUT2D eigenvalue weighted by Gasteiger charge is -2.21. The van der Waals surface area contributed by atoms with Crippen LogP contribution in [0.1, 0.15) is 12.5 Å². The summed E-state index contributed by atoms with van der Waals surface area (Å²) >= 11 is 11.9. The molecule has 0 amide bonds. The monoisotopic (exact) mass is 339 g/mol. The van der Waals surface area contributed by atoms with Crippen LogP contribution in [0, 0.1) is 12.8 Å². The van der Waals surface area contributed by atoms with Gasteiger partial charge in [0.2, 0.25) is 10.0 Å². The van der Waals surface area contributed by atoms with Crippen LogP contribution < -0.4 is 0 Å². The van der Waals surface area contributed by atoms with E-state index in [4.69, 9.17) is 28.3 Å². The predicted molar refractivity (Wildman–Crippen MR) is 77.8 cm³/mol. The first-order valence-electron chi connectivity index (χ1n) is 5.72. The minimum Gasteiger partial charge on any atom is -0.481 e. The van der Waals surface area contributed by atoms with Gasteiger partial charge in [-0.05, 0) is 18.6 Å². The van der Waals surface area contributed by atoms with Crippen LogP contribution in [0.4, 0.5) is 0 Å². The van der Waals surface area contributed by atoms with Crippen LogP contribution in [0.3, 0.4) is 0 Å². The summed E-state index contributed by atoms with van der Waals surface area (Å²) in [7, 11) is -2.65. The molecule has 0 aromatic heterocycles. The fourth-order valence-electron chi connectivity index (χ4n) is 1.59. The number of aliphatic carboxylic acids is 1. The first-order chi connectivity index (χ1) is 9.09. The van der Waals surface area contributed by atoms with Gasteiger partial charge in [0, 0.05) is 13.6 Å². The Morgan fingerprint density at radius 2 is 1.95 bits per heavy atom. The zero-order chi connectivity index (χ0) is 15.7. The molecule has 0 radical (unpaired) electrons. The number of carbonyl (C=O) groups is 1. The van der Waals surface area contributed by atoms with Crippen LogP contribution in [-0.2, 0) is 14.8 Å². The molecule has 0 aliphatic carbocycles. The van der Waals surface area contributed by atoms with Crippen molar-refractivity contribution in [2.75, 3.05) is 13.6 Å². The number of nitrogens with zero attached hydrogens (tertiary/aromatic N) is 1. The standard InChI is InChI=1S/C12H15Cl2NO4S/c1-7-4-5-9(13)11(10(7)14)20(18,19)15(3)6-8(2)12(16)17/h4-5,8H,6H2,1-3H3,(H,16,17). The average Bonchev–Trinajstić information content (AvgIpc) is 2.33. The average molecular weight is 340 g/mol. The fraction of sp³-hybridized carbons (Fsp3) is 0.417. The lowest BCUT2D eigenvalue weighted by Crippen LogP contribution is -2.34. The fourth-order valence-corrected chi connectivity index (χ4v) is 3.97. The zero-order valence-electron chi connectivity index (χ0n) is 11.2. The van der Waals surface area contributed by atoms with E-state index in [1.165, 1.54) is 20.0 Å². The Kier molecular flexibility index (Phi) is 5.43. The van der Waals surface area contributed by atoms with Crippen molar-refractivity contribution in [2.24, 2.45) is 5.92 Å². The molecule has 1 unspecified atom stereocenters. The van der Waals surface area contributed by atoms with E-state index < -0.39 is 21.9 Å². The minimum atomic E-state index is -3.95. The van der Waals surface area contributed by atoms with Crippen LogP contribution in [0.25, 0.3) is 0 Å². The molecule has 0 saturated carbocycles. The van der Waals surface area contributed by atoms with Gasteiger partial charge in [-0.3, -0.25) is 4.79 Å². The van der Waals surface area contributed by atoms with E-state index in [1.807, 2.05) is 0 Å². The summed E-state index contributed by atoms with van der Waals surface area (Å²) in [6, 6.07) is 3.06. The molecule has 0 spiro atoms. The summed E-state index contributed by atoms with van der Waals surface area (Å²) in [6.45, 7) is 2.92. The van der Waals surface area contributed by atoms with Crippen molar-refractivity contribution >= 4 is 39.2 Å². The van der Waals surface area contributed by atoms with Gasteiger partial charge in [0.15, 0.2) is 0 Å². The van der Waals surface area contributed by atoms with E-state index in [1.54, 1.807) is 13.0 Å². The van der Waals surface area contributed by atoms with Crippen LogP contribution in [0.2, 0.25) is 10.0 Å². The smallest absolute Gasteiger partial charge is 0.307 e. The Morgan fingerprint density at radius 1 is 1.40 bits per heavy atom. The highest BCUT2D eigenvalue weighted by Crippen LogP contribution is 2.33. The number of halogens is 2. The second-order valence-corrected chi connectivity index (χ2v) is 7.30. The summed E-state index contributed by atoms with van der Waals surface area (Å²) in [6.07, 6.45) is 0. The number of hydrogen-bond donors (Lipinski definition) is 1. The Bertz CT molecular complexity index is 631. The molecule has 0 saturated heterocycles. The van der Waals surface area contributed by atoms with E-state index in [0.29, 0.717) is 5.56 Å². The van der Waals surface area contributed by atoms with E-state index in [0.717, 1.165) is 4.31 Å². The molecule has 5 nitrogen and oxygen atoms in total. The summed E-state index contributed by atoms with van der Waals surface area (Å²) in [5.74, 6) is -1.91. The van der Waals surface area contributed by atoms with E-state index in [2.05, 4.69) is 0 Å². The quantitative estimate of drug-likeness (QED) is 0.894. The van der Waals surface area contributed by atoms with E-state index >= 15 is 0 Å². The van der Waals surface area contributed by atoms with Crippen molar-refractivity contribution in [2.45, 2.75) is 18.7 Å². The Labute approximate surface area is 128 Å². The second kappa shape index (κ2) is 6.30. The number of rotatable bonds is 5. The van der Waals surface area contributed by atoms with Crippen molar-refractivity contribution in [3.8, 4) is 0 Å². The van der Waals surface area contributed by atoms with Crippen LogP contribution in [0.15, 0.2) is 17.0 Å². The number of carboxylic acids is 1. The molecule has 1 N–H and O–H groups in total. The zero-order valence-corrected chi connectivity index (χ0v) is 13.6. The Morgan fingerprint density at radius 3 is 2.45 bits per heavy atom. The molecule has 0 aliphatic heterocycles. The van der Waals surface area contributed by atoms with Gasteiger partial charge in [-0.2, -0.15) is 4.31 Å². The highest BCUT2D eigenvalue weighted by atomic mass is 35.5. The summed E-state index contributed by atoms with van der Waals surface area (Å²) in [5, 5.41) is 8.90. The molecule has 0 heterocycles. The lowest BCUT2D eigenvalue weighted by molar-refractivity contribution is -0.141. The van der Waals surface area contributed by atoms with Gasteiger partial charge in [0.05, 0.1) is 16.0 Å². The molecular weight excluding hydrogens is 325 g/mol. The molecule has 1 rings (SSSR count). The van der Waals surface area contributed by atoms with Crippen molar-refractivity contribution < 1.29 is 18.3 Å². The summed E-state index contributed by atoms with van der Waals surface area (Å²) in [4.78, 5) is 10.6. The minimum absolute atomic E-state index is 0.00966. The number of hydrogen-bond acceptors (Lipinski definition) is 3. The highest BCUT2D eigenvalue weighted by molar-refractivity contribution is 7.89. The third-order valence-electron chi connectivity index (χ3n) is 2.86. The van der Waals surface area contributed by atoms with Gasteiger partial charge in [-0.25, -0.2) is 8.42 Å². The molecule has 1 aromatic carbocycles. The molecule has 0 aliphatic rings. The molecule has 20 heavy (non-hydrogen) atoms. The number of aryl methyl sites for hydroxylation is 1. The molecule has 8 heteroatoms. The highest BCUT2D eigenvalue weighted by Gasteiger charge is 2.29. The summed E-state index contributed by atoms with van der Waals surface area (Å²) in [5.41, 5.74) is 0.578. The molecular formula is C12H15Cl2NO4S. The van der Waals surface area contributed by atoms with Crippen molar-refractivity contribution in [1.29, 1.82) is 0 Å². The molecule has 0 fully saturated rings. The van der Waals surface area contributed by atoms with Gasteiger partial charge in [0.25, 0.3) is 0 Å². The molecule has 0 bridgehead atoms. The lowest BCUT2D eigenvalue weighted by atomic mass is 10.2. The van der Waals surface area contributed by atoms with Gasteiger partial charge < -0.3 is 5.11 Å². The third-order valence-corrected chi connectivity index (χ3v) is 5.80. The third kappa shape index (κ3) is 3.44. The van der Waals surface area contributed by atoms with E-state index in [-0.39, 0.29) is 21.5 Å². The normalized spacial score (nSPS) is 13.5. The van der Waals surface area contributed by atoms with Crippen molar-refractivity contribution in [3.63, 3.8) is 0 Å². The molecule has 112 valence electrons. The first kappa shape index (κ1) is 17.2. The number of sulfonamides is 1. The maximum absolute atomic E-state index is 12.4. The second-order valence-electron chi connectivity index (χ2n) is 4.53. The van der Waals surface area contributed by atoms with Gasteiger partial charge >= 0.3 is 5.97 Å². The van der Waals surface area contributed by atoms with Crippen LogP contribution in [-0.4, -0.2) is 37.4 Å². The van der Waals surface area contributed by atoms with Gasteiger partial charge in [0.1, 0.15) is 4.90 Å². The maximum atomic E-state index is 12.4. The maximum Gasteiger partial charge on any atom is 0.307 e. The Balaban J connectivity index is 3.24. The first-order valence-corrected chi connectivity index (χ1v) is 7.92. The summed E-state index contributed by atoms with van der Waals surface area (Å²) < 4.78 is 25.8. The van der Waals surface area contributed by atoms with E-state index in [9.17, 15) is 13.2 Å². The number of carboxylic acid groups (broad SMARTS) is 1. The number of benzene rings is 1. The van der Waals surface area contributed by atoms with Crippen molar-refractivity contribution in [3.05, 3.63) is 27.7 Å².